The highest BCUT2D eigenvalue weighted by molar-refractivity contribution is 6.30. The highest BCUT2D eigenvalue weighted by Crippen LogP contribution is 2.17. The number of anilines is 1. The number of ether oxygens (including phenoxy) is 1. The number of nitrogens with one attached hydrogen (secondary N) is 1. The lowest BCUT2D eigenvalue weighted by atomic mass is 10.3. The molecule has 2 rings (SSSR count). The van der Waals surface area contributed by atoms with Gasteiger partial charge in [-0.05, 0) is 31.2 Å². The summed E-state index contributed by atoms with van der Waals surface area (Å²) in [5.41, 5.74) is 0. The Morgan fingerprint density at radius 1 is 1.37 bits per heavy atom. The number of carbonyl (C=O) groups excluding carboxylic acids is 1. The van der Waals surface area contributed by atoms with Gasteiger partial charge in [-0.3, -0.25) is 9.48 Å². The van der Waals surface area contributed by atoms with Crippen LogP contribution >= 0.6 is 11.6 Å². The predicted molar refractivity (Wildman–Crippen MR) is 73.4 cm³/mol. The molecule has 19 heavy (non-hydrogen) atoms. The van der Waals surface area contributed by atoms with Gasteiger partial charge in [0.1, 0.15) is 5.75 Å². The van der Waals surface area contributed by atoms with E-state index in [-0.39, 0.29) is 5.91 Å². The normalized spacial score (nSPS) is 11.9. The lowest BCUT2D eigenvalue weighted by Gasteiger charge is -2.13. The smallest absolute Gasteiger partial charge is 0.266 e. The Labute approximate surface area is 116 Å². The maximum absolute atomic E-state index is 11.9. The van der Waals surface area contributed by atoms with Gasteiger partial charge in [-0.15, -0.1) is 0 Å². The van der Waals surface area contributed by atoms with Crippen molar-refractivity contribution in [3.05, 3.63) is 41.6 Å². The summed E-state index contributed by atoms with van der Waals surface area (Å²) in [7, 11) is 1.78. The molecule has 0 aliphatic rings. The topological polar surface area (TPSA) is 56.1 Å². The fourth-order valence-corrected chi connectivity index (χ4v) is 1.61. The first kappa shape index (κ1) is 13.4. The van der Waals surface area contributed by atoms with E-state index in [1.54, 1.807) is 55.2 Å². The van der Waals surface area contributed by atoms with Crippen LogP contribution in [0, 0.1) is 0 Å². The molecule has 0 spiro atoms. The Bertz CT molecular complexity index is 566. The van der Waals surface area contributed by atoms with Crippen LogP contribution in [0.15, 0.2) is 36.5 Å². The van der Waals surface area contributed by atoms with Crippen molar-refractivity contribution in [2.45, 2.75) is 13.0 Å². The zero-order chi connectivity index (χ0) is 13.8. The number of hydrogen-bond acceptors (Lipinski definition) is 3. The van der Waals surface area contributed by atoms with Crippen molar-refractivity contribution in [2.24, 2.45) is 7.05 Å². The number of aromatic nitrogens is 2. The van der Waals surface area contributed by atoms with Crippen LogP contribution in [-0.2, 0) is 11.8 Å². The van der Waals surface area contributed by atoms with E-state index in [9.17, 15) is 4.79 Å². The van der Waals surface area contributed by atoms with E-state index in [1.165, 1.54) is 0 Å². The highest BCUT2D eigenvalue weighted by Gasteiger charge is 2.15. The molecule has 2 aromatic rings. The van der Waals surface area contributed by atoms with Gasteiger partial charge in [0.05, 0.1) is 0 Å². The summed E-state index contributed by atoms with van der Waals surface area (Å²) < 4.78 is 7.12. The number of aryl methyl sites for hydroxylation is 1. The van der Waals surface area contributed by atoms with Crippen molar-refractivity contribution in [1.29, 1.82) is 0 Å². The second kappa shape index (κ2) is 5.75. The van der Waals surface area contributed by atoms with Gasteiger partial charge >= 0.3 is 0 Å². The van der Waals surface area contributed by atoms with E-state index < -0.39 is 6.10 Å². The quantitative estimate of drug-likeness (QED) is 0.935. The van der Waals surface area contributed by atoms with Gasteiger partial charge in [0.25, 0.3) is 5.91 Å². The van der Waals surface area contributed by atoms with Crippen molar-refractivity contribution >= 4 is 23.3 Å². The minimum atomic E-state index is -0.622. The number of amides is 1. The molecule has 0 aliphatic heterocycles. The average Bonchev–Trinajstić information content (AvgIpc) is 2.77. The molecule has 1 atom stereocenters. The molecule has 0 bridgehead atoms. The molecule has 1 heterocycles. The maximum Gasteiger partial charge on any atom is 0.266 e. The van der Waals surface area contributed by atoms with Crippen molar-refractivity contribution < 1.29 is 9.53 Å². The van der Waals surface area contributed by atoms with E-state index in [2.05, 4.69) is 10.4 Å². The Morgan fingerprint density at radius 2 is 2.05 bits per heavy atom. The number of carbonyl (C=O) groups is 1. The summed E-state index contributed by atoms with van der Waals surface area (Å²) in [5.74, 6) is 0.834. The zero-order valence-corrected chi connectivity index (χ0v) is 11.4. The monoisotopic (exact) mass is 279 g/mol. The number of benzene rings is 1. The first-order valence-electron chi connectivity index (χ1n) is 5.77. The molecule has 0 unspecified atom stereocenters. The first-order valence-corrected chi connectivity index (χ1v) is 6.15. The zero-order valence-electron chi connectivity index (χ0n) is 10.6. The van der Waals surface area contributed by atoms with Crippen LogP contribution in [0.1, 0.15) is 6.92 Å². The van der Waals surface area contributed by atoms with Crippen LogP contribution in [0.25, 0.3) is 0 Å². The molecule has 100 valence electrons. The van der Waals surface area contributed by atoms with Crippen molar-refractivity contribution in [3.8, 4) is 5.75 Å². The molecule has 0 aliphatic carbocycles. The van der Waals surface area contributed by atoms with Gasteiger partial charge in [-0.1, -0.05) is 11.6 Å². The van der Waals surface area contributed by atoms with E-state index in [1.807, 2.05) is 0 Å². The molecule has 5 nitrogen and oxygen atoms in total. The fourth-order valence-electron chi connectivity index (χ4n) is 1.48. The first-order chi connectivity index (χ1) is 9.04. The highest BCUT2D eigenvalue weighted by atomic mass is 35.5. The molecule has 1 N–H and O–H groups in total. The van der Waals surface area contributed by atoms with Crippen LogP contribution in [0.4, 0.5) is 5.82 Å². The predicted octanol–water partition coefficient (Wildman–Crippen LogP) is 2.48. The van der Waals surface area contributed by atoms with Gasteiger partial charge in [0.2, 0.25) is 0 Å². The SMILES string of the molecule is C[C@H](Oc1ccc(Cl)cc1)C(=O)Nc1ccn(C)n1. The van der Waals surface area contributed by atoms with Gasteiger partial charge in [-0.2, -0.15) is 5.10 Å². The van der Waals surface area contributed by atoms with E-state index in [4.69, 9.17) is 16.3 Å². The van der Waals surface area contributed by atoms with Crippen molar-refractivity contribution in [2.75, 3.05) is 5.32 Å². The van der Waals surface area contributed by atoms with E-state index >= 15 is 0 Å². The molecule has 1 amide bonds. The Kier molecular flexibility index (Phi) is 4.06. The number of hydrogen-bond donors (Lipinski definition) is 1. The molecule has 1 aromatic heterocycles. The average molecular weight is 280 g/mol. The third-order valence-electron chi connectivity index (χ3n) is 2.46. The Morgan fingerprint density at radius 3 is 2.63 bits per heavy atom. The Hall–Kier alpha value is -2.01. The molecular weight excluding hydrogens is 266 g/mol. The fraction of sp³-hybridized carbons (Fsp3) is 0.231. The minimum absolute atomic E-state index is 0.256. The van der Waals surface area contributed by atoms with E-state index in [0.717, 1.165) is 0 Å². The standard InChI is InChI=1S/C13H14ClN3O2/c1-9(19-11-5-3-10(14)4-6-11)13(18)15-12-7-8-17(2)16-12/h3-9H,1-2H3,(H,15,16,18)/t9-/m0/s1. The minimum Gasteiger partial charge on any atom is -0.481 e. The second-order valence-electron chi connectivity index (χ2n) is 4.08. The van der Waals surface area contributed by atoms with Crippen LogP contribution in [0.5, 0.6) is 5.75 Å². The van der Waals surface area contributed by atoms with E-state index in [0.29, 0.717) is 16.6 Å². The van der Waals surface area contributed by atoms with Gasteiger partial charge < -0.3 is 10.1 Å². The summed E-state index contributed by atoms with van der Waals surface area (Å²) in [6.45, 7) is 1.67. The van der Waals surface area contributed by atoms with Crippen LogP contribution < -0.4 is 10.1 Å². The third-order valence-corrected chi connectivity index (χ3v) is 2.71. The van der Waals surface area contributed by atoms with Crippen LogP contribution in [0.3, 0.4) is 0 Å². The van der Waals surface area contributed by atoms with Crippen molar-refractivity contribution in [3.63, 3.8) is 0 Å². The second-order valence-corrected chi connectivity index (χ2v) is 4.51. The molecular formula is C13H14ClN3O2. The molecule has 6 heteroatoms. The molecule has 0 radical (unpaired) electrons. The number of nitrogens with zero attached hydrogens (tertiary/aromatic N) is 2. The number of rotatable bonds is 4. The summed E-state index contributed by atoms with van der Waals surface area (Å²) in [5, 5.41) is 7.36. The van der Waals surface area contributed by atoms with Gasteiger partial charge in [0, 0.05) is 24.3 Å². The lowest BCUT2D eigenvalue weighted by Crippen LogP contribution is -2.30. The van der Waals surface area contributed by atoms with Crippen LogP contribution in [0.2, 0.25) is 5.02 Å². The summed E-state index contributed by atoms with van der Waals surface area (Å²) >= 11 is 5.77. The lowest BCUT2D eigenvalue weighted by molar-refractivity contribution is -0.122. The summed E-state index contributed by atoms with van der Waals surface area (Å²) in [6.07, 6.45) is 1.13. The van der Waals surface area contributed by atoms with Gasteiger partial charge in [-0.25, -0.2) is 0 Å². The molecule has 1 aromatic carbocycles. The largest absolute Gasteiger partial charge is 0.481 e. The van der Waals surface area contributed by atoms with Crippen LogP contribution in [-0.4, -0.2) is 21.8 Å². The Balaban J connectivity index is 1.94. The van der Waals surface area contributed by atoms with Gasteiger partial charge in [0.15, 0.2) is 11.9 Å². The summed E-state index contributed by atoms with van der Waals surface area (Å²) in [6, 6.07) is 8.56. The molecule has 0 fully saturated rings. The number of halogens is 1. The molecule has 0 saturated heterocycles. The maximum atomic E-state index is 11.9. The molecule has 0 saturated carbocycles. The third kappa shape index (κ3) is 3.72. The van der Waals surface area contributed by atoms with Crippen molar-refractivity contribution in [1.82, 2.24) is 9.78 Å². The summed E-state index contributed by atoms with van der Waals surface area (Å²) in [4.78, 5) is 11.9.